The van der Waals surface area contributed by atoms with Gasteiger partial charge in [-0.05, 0) is 17.7 Å². The number of hydrogen-bond acceptors (Lipinski definition) is 4. The van der Waals surface area contributed by atoms with Crippen molar-refractivity contribution in [1.29, 1.82) is 0 Å². The van der Waals surface area contributed by atoms with E-state index in [-0.39, 0.29) is 0 Å². The van der Waals surface area contributed by atoms with Crippen LogP contribution >= 0.6 is 0 Å². The molecular formula is C10H9FN4. The maximum absolute atomic E-state index is 12.9. The quantitative estimate of drug-likeness (QED) is 0.794. The van der Waals surface area contributed by atoms with E-state index in [1.807, 2.05) is 0 Å². The molecule has 0 saturated heterocycles. The third kappa shape index (κ3) is 2.13. The van der Waals surface area contributed by atoms with Crippen LogP contribution in [-0.4, -0.2) is 15.0 Å². The smallest absolute Gasteiger partial charge is 0.149 e. The molecule has 0 spiro atoms. The van der Waals surface area contributed by atoms with Gasteiger partial charge in [0.15, 0.2) is 0 Å². The van der Waals surface area contributed by atoms with Gasteiger partial charge in [0.25, 0.3) is 0 Å². The number of pyridine rings is 1. The van der Waals surface area contributed by atoms with E-state index in [4.69, 9.17) is 5.73 Å². The molecule has 0 bridgehead atoms. The van der Waals surface area contributed by atoms with Gasteiger partial charge in [-0.3, -0.25) is 4.98 Å². The number of hydrogen-bond donors (Lipinski definition) is 1. The molecule has 2 rings (SSSR count). The topological polar surface area (TPSA) is 64.7 Å². The van der Waals surface area contributed by atoms with Crippen LogP contribution in [0.4, 0.5) is 4.39 Å². The van der Waals surface area contributed by atoms with Gasteiger partial charge >= 0.3 is 0 Å². The lowest BCUT2D eigenvalue weighted by atomic mass is 10.1. The second-order valence-electron chi connectivity index (χ2n) is 3.02. The molecule has 0 aromatic carbocycles. The normalized spacial score (nSPS) is 12.4. The third-order valence-corrected chi connectivity index (χ3v) is 1.95. The molecule has 1 atom stereocenters. The van der Waals surface area contributed by atoms with E-state index >= 15 is 0 Å². The van der Waals surface area contributed by atoms with E-state index in [0.29, 0.717) is 11.4 Å². The van der Waals surface area contributed by atoms with E-state index in [1.165, 1.54) is 12.3 Å². The number of nitrogens with zero attached hydrogens (tertiary/aromatic N) is 3. The van der Waals surface area contributed by atoms with E-state index < -0.39 is 11.9 Å². The fourth-order valence-corrected chi connectivity index (χ4v) is 1.22. The lowest BCUT2D eigenvalue weighted by Gasteiger charge is -2.09. The number of halogens is 1. The van der Waals surface area contributed by atoms with Gasteiger partial charge in [0.1, 0.15) is 11.6 Å². The minimum Gasteiger partial charge on any atom is -0.318 e. The minimum atomic E-state index is -0.547. The van der Waals surface area contributed by atoms with Gasteiger partial charge in [-0.15, -0.1) is 0 Å². The van der Waals surface area contributed by atoms with Crippen LogP contribution in [-0.2, 0) is 0 Å². The summed E-state index contributed by atoms with van der Waals surface area (Å²) in [5.74, 6) is 0.0313. The molecule has 0 saturated carbocycles. The first-order valence-corrected chi connectivity index (χ1v) is 4.40. The first kappa shape index (κ1) is 9.67. The van der Waals surface area contributed by atoms with Crippen molar-refractivity contribution < 1.29 is 4.39 Å². The predicted molar refractivity (Wildman–Crippen MR) is 52.3 cm³/mol. The highest BCUT2D eigenvalue weighted by Crippen LogP contribution is 2.14. The molecule has 0 amide bonds. The number of nitrogens with two attached hydrogens (primary N) is 1. The van der Waals surface area contributed by atoms with Gasteiger partial charge in [-0.1, -0.05) is 0 Å². The molecule has 2 N–H and O–H groups in total. The Balaban J connectivity index is 2.32. The highest BCUT2D eigenvalue weighted by Gasteiger charge is 2.11. The zero-order valence-corrected chi connectivity index (χ0v) is 7.84. The molecule has 0 fully saturated rings. The zero-order valence-electron chi connectivity index (χ0n) is 7.84. The lowest BCUT2D eigenvalue weighted by Crippen LogP contribution is -2.15. The van der Waals surface area contributed by atoms with Crippen LogP contribution in [0.5, 0.6) is 0 Å². The molecule has 15 heavy (non-hydrogen) atoms. The summed E-state index contributed by atoms with van der Waals surface area (Å²) in [5, 5.41) is 0. The fourth-order valence-electron chi connectivity index (χ4n) is 1.22. The van der Waals surface area contributed by atoms with Crippen molar-refractivity contribution in [3.8, 4) is 0 Å². The second kappa shape index (κ2) is 4.10. The number of rotatable bonds is 2. The monoisotopic (exact) mass is 204 g/mol. The molecule has 1 unspecified atom stereocenters. The second-order valence-corrected chi connectivity index (χ2v) is 3.02. The maximum atomic E-state index is 12.9. The fraction of sp³-hybridized carbons (Fsp3) is 0.100. The Kier molecular flexibility index (Phi) is 2.64. The Bertz CT molecular complexity index is 446. The highest BCUT2D eigenvalue weighted by atomic mass is 19.1. The average molecular weight is 204 g/mol. The van der Waals surface area contributed by atoms with Crippen molar-refractivity contribution in [2.45, 2.75) is 6.04 Å². The molecule has 2 heterocycles. The van der Waals surface area contributed by atoms with Crippen molar-refractivity contribution in [3.63, 3.8) is 0 Å². The van der Waals surface area contributed by atoms with Gasteiger partial charge < -0.3 is 5.73 Å². The van der Waals surface area contributed by atoms with E-state index in [1.54, 1.807) is 18.5 Å². The van der Waals surface area contributed by atoms with Gasteiger partial charge in [0, 0.05) is 18.6 Å². The summed E-state index contributed by atoms with van der Waals surface area (Å²) in [4.78, 5) is 11.7. The highest BCUT2D eigenvalue weighted by molar-refractivity contribution is 5.20. The molecule has 2 aromatic heterocycles. The van der Waals surface area contributed by atoms with Crippen LogP contribution < -0.4 is 5.73 Å². The first-order valence-electron chi connectivity index (χ1n) is 4.40. The van der Waals surface area contributed by atoms with Crippen LogP contribution in [0.2, 0.25) is 0 Å². The molecule has 76 valence electrons. The average Bonchev–Trinajstić information content (AvgIpc) is 2.29. The summed E-state index contributed by atoms with van der Waals surface area (Å²) < 4.78 is 12.9. The van der Waals surface area contributed by atoms with Gasteiger partial charge in [-0.25, -0.2) is 14.4 Å². The van der Waals surface area contributed by atoms with Gasteiger partial charge in [0.2, 0.25) is 0 Å². The van der Waals surface area contributed by atoms with Crippen molar-refractivity contribution in [2.75, 3.05) is 0 Å². The molecule has 0 aliphatic carbocycles. The molecule has 0 aliphatic heterocycles. The van der Waals surface area contributed by atoms with Crippen LogP contribution in [0, 0.1) is 5.82 Å². The van der Waals surface area contributed by atoms with Crippen molar-refractivity contribution >= 4 is 0 Å². The van der Waals surface area contributed by atoms with Crippen molar-refractivity contribution in [2.24, 2.45) is 5.73 Å². The molecular weight excluding hydrogens is 195 g/mol. The number of aromatic nitrogens is 3. The van der Waals surface area contributed by atoms with Crippen LogP contribution in [0.1, 0.15) is 17.4 Å². The largest absolute Gasteiger partial charge is 0.318 e. The summed E-state index contributed by atoms with van der Waals surface area (Å²) in [6.07, 6.45) is 5.82. The van der Waals surface area contributed by atoms with Crippen LogP contribution in [0.25, 0.3) is 0 Å². The summed E-state index contributed by atoms with van der Waals surface area (Å²) in [6, 6.07) is 2.48. The Hall–Kier alpha value is -1.88. The minimum absolute atomic E-state index is 0.418. The Labute approximate surface area is 86.0 Å². The SMILES string of the molecule is NC(c1cncc(F)c1)c1ncccn1. The van der Waals surface area contributed by atoms with Crippen molar-refractivity contribution in [3.05, 3.63) is 54.1 Å². The molecule has 0 aliphatic rings. The predicted octanol–water partition coefficient (Wildman–Crippen LogP) is 1.06. The van der Waals surface area contributed by atoms with E-state index in [2.05, 4.69) is 15.0 Å². The summed E-state index contributed by atoms with van der Waals surface area (Å²) in [7, 11) is 0. The molecule has 5 heteroatoms. The summed E-state index contributed by atoms with van der Waals surface area (Å²) >= 11 is 0. The summed E-state index contributed by atoms with van der Waals surface area (Å²) in [5.41, 5.74) is 6.41. The lowest BCUT2D eigenvalue weighted by molar-refractivity contribution is 0.615. The molecule has 4 nitrogen and oxygen atoms in total. The van der Waals surface area contributed by atoms with Gasteiger partial charge in [0.05, 0.1) is 12.2 Å². The van der Waals surface area contributed by atoms with E-state index in [9.17, 15) is 4.39 Å². The van der Waals surface area contributed by atoms with Crippen LogP contribution in [0.3, 0.4) is 0 Å². The zero-order chi connectivity index (χ0) is 10.7. The van der Waals surface area contributed by atoms with Crippen LogP contribution in [0.15, 0.2) is 36.9 Å². The first-order chi connectivity index (χ1) is 7.27. The molecule has 2 aromatic rings. The third-order valence-electron chi connectivity index (χ3n) is 1.95. The van der Waals surface area contributed by atoms with Crippen molar-refractivity contribution in [1.82, 2.24) is 15.0 Å². The standard InChI is InChI=1S/C10H9FN4/c11-8-4-7(5-13-6-8)9(12)10-14-2-1-3-15-10/h1-6,9H,12H2. The Morgan fingerprint density at radius 2 is 1.93 bits per heavy atom. The summed E-state index contributed by atoms with van der Waals surface area (Å²) in [6.45, 7) is 0. The molecule has 0 radical (unpaired) electrons. The Morgan fingerprint density at radius 3 is 2.60 bits per heavy atom. The Morgan fingerprint density at radius 1 is 1.20 bits per heavy atom. The maximum Gasteiger partial charge on any atom is 0.149 e. The van der Waals surface area contributed by atoms with Gasteiger partial charge in [-0.2, -0.15) is 0 Å². The van der Waals surface area contributed by atoms with E-state index in [0.717, 1.165) is 6.20 Å².